The van der Waals surface area contributed by atoms with Gasteiger partial charge < -0.3 is 10.2 Å². The third-order valence-corrected chi connectivity index (χ3v) is 4.34. The number of hydrogen-bond donors (Lipinski definition) is 2. The minimum Gasteiger partial charge on any atom is -0.338 e. The van der Waals surface area contributed by atoms with E-state index in [1.807, 2.05) is 0 Å². The van der Waals surface area contributed by atoms with Gasteiger partial charge in [-0.1, -0.05) is 6.58 Å². The van der Waals surface area contributed by atoms with Crippen LogP contribution < -0.4 is 10.0 Å². The number of likely N-dealkylation sites (tertiary alicyclic amines) is 1. The molecule has 0 aliphatic carbocycles. The fourth-order valence-corrected chi connectivity index (χ4v) is 3.16. The third kappa shape index (κ3) is 5.09. The number of nitrogens with zero attached hydrogens (tertiary/aromatic N) is 1. The Morgan fingerprint density at radius 3 is 2.46 bits per heavy atom. The Labute approximate surface area is 141 Å². The van der Waals surface area contributed by atoms with Crippen molar-refractivity contribution in [2.75, 3.05) is 29.4 Å². The fraction of sp³-hybridized carbons (Fsp3) is 0.375. The number of sulfonamides is 1. The molecule has 0 radical (unpaired) electrons. The highest BCUT2D eigenvalue weighted by Gasteiger charge is 2.27. The van der Waals surface area contributed by atoms with Crippen LogP contribution in [0.25, 0.3) is 0 Å². The van der Waals surface area contributed by atoms with Crippen LogP contribution in [0, 0.1) is 5.92 Å². The summed E-state index contributed by atoms with van der Waals surface area (Å²) in [6, 6.07) is 6.40. The SMILES string of the molecule is C=CC(=O)N1CCCC(C(=O)Nc2ccc(NS(C)(=O)=O)cc2)C1. The summed E-state index contributed by atoms with van der Waals surface area (Å²) in [7, 11) is -3.33. The zero-order valence-corrected chi connectivity index (χ0v) is 14.3. The van der Waals surface area contributed by atoms with Gasteiger partial charge in [-0.2, -0.15) is 0 Å². The average Bonchev–Trinajstić information content (AvgIpc) is 2.54. The number of benzene rings is 1. The average molecular weight is 351 g/mol. The summed E-state index contributed by atoms with van der Waals surface area (Å²) in [6.45, 7) is 4.49. The largest absolute Gasteiger partial charge is 0.338 e. The van der Waals surface area contributed by atoms with Crippen LogP contribution in [-0.2, 0) is 19.6 Å². The van der Waals surface area contributed by atoms with E-state index >= 15 is 0 Å². The molecule has 24 heavy (non-hydrogen) atoms. The highest BCUT2D eigenvalue weighted by molar-refractivity contribution is 7.92. The van der Waals surface area contributed by atoms with Crippen LogP contribution in [0.15, 0.2) is 36.9 Å². The predicted octanol–water partition coefficient (Wildman–Crippen LogP) is 1.42. The topological polar surface area (TPSA) is 95.6 Å². The first-order valence-electron chi connectivity index (χ1n) is 7.58. The monoisotopic (exact) mass is 351 g/mol. The molecule has 1 saturated heterocycles. The summed E-state index contributed by atoms with van der Waals surface area (Å²) in [5.41, 5.74) is 1.00. The normalized spacial score (nSPS) is 17.9. The maximum absolute atomic E-state index is 12.4. The standard InChI is InChI=1S/C16H21N3O4S/c1-3-15(20)19-10-4-5-12(11-19)16(21)17-13-6-8-14(9-7-13)18-24(2,22)23/h3,6-9,12,18H,1,4-5,10-11H2,2H3,(H,17,21). The molecule has 8 heteroatoms. The molecule has 1 aliphatic heterocycles. The Hall–Kier alpha value is -2.35. The number of nitrogens with one attached hydrogen (secondary N) is 2. The van der Waals surface area contributed by atoms with Gasteiger partial charge in [0.1, 0.15) is 0 Å². The Kier molecular flexibility index (Phi) is 5.61. The predicted molar refractivity (Wildman–Crippen MR) is 93.0 cm³/mol. The Morgan fingerprint density at radius 2 is 1.88 bits per heavy atom. The molecule has 1 fully saturated rings. The van der Waals surface area contributed by atoms with Crippen LogP contribution in [0.1, 0.15) is 12.8 Å². The van der Waals surface area contributed by atoms with E-state index in [1.165, 1.54) is 6.08 Å². The molecule has 1 unspecified atom stereocenters. The van der Waals surface area contributed by atoms with Crippen molar-refractivity contribution in [3.63, 3.8) is 0 Å². The first-order chi connectivity index (χ1) is 11.3. The van der Waals surface area contributed by atoms with Crippen molar-refractivity contribution < 1.29 is 18.0 Å². The van der Waals surface area contributed by atoms with Gasteiger partial charge in [0.25, 0.3) is 0 Å². The van der Waals surface area contributed by atoms with Crippen molar-refractivity contribution in [1.82, 2.24) is 4.90 Å². The molecular weight excluding hydrogens is 330 g/mol. The zero-order chi connectivity index (χ0) is 17.7. The summed E-state index contributed by atoms with van der Waals surface area (Å²) in [6.07, 6.45) is 3.82. The summed E-state index contributed by atoms with van der Waals surface area (Å²) in [4.78, 5) is 25.6. The lowest BCUT2D eigenvalue weighted by atomic mass is 9.97. The van der Waals surface area contributed by atoms with Crippen molar-refractivity contribution in [2.45, 2.75) is 12.8 Å². The smallest absolute Gasteiger partial charge is 0.245 e. The fourth-order valence-electron chi connectivity index (χ4n) is 2.60. The van der Waals surface area contributed by atoms with Crippen molar-refractivity contribution in [2.24, 2.45) is 5.92 Å². The molecule has 2 amide bonds. The number of rotatable bonds is 5. The number of piperidine rings is 1. The van der Waals surface area contributed by atoms with Gasteiger partial charge >= 0.3 is 0 Å². The lowest BCUT2D eigenvalue weighted by molar-refractivity contribution is -0.130. The van der Waals surface area contributed by atoms with Crippen LogP contribution in [0.2, 0.25) is 0 Å². The van der Waals surface area contributed by atoms with E-state index in [-0.39, 0.29) is 17.7 Å². The van der Waals surface area contributed by atoms with Crippen molar-refractivity contribution >= 4 is 33.2 Å². The lowest BCUT2D eigenvalue weighted by Crippen LogP contribution is -2.43. The van der Waals surface area contributed by atoms with Gasteiger partial charge in [0.2, 0.25) is 21.8 Å². The van der Waals surface area contributed by atoms with E-state index in [9.17, 15) is 18.0 Å². The number of anilines is 2. The molecule has 1 aromatic carbocycles. The molecule has 1 heterocycles. The van der Waals surface area contributed by atoms with Crippen LogP contribution in [-0.4, -0.2) is 44.5 Å². The second kappa shape index (κ2) is 7.48. The van der Waals surface area contributed by atoms with E-state index < -0.39 is 10.0 Å². The first kappa shape index (κ1) is 18.0. The van der Waals surface area contributed by atoms with Gasteiger partial charge in [-0.25, -0.2) is 8.42 Å². The number of carbonyl (C=O) groups excluding carboxylic acids is 2. The van der Waals surface area contributed by atoms with Crippen molar-refractivity contribution in [1.29, 1.82) is 0 Å². The molecule has 1 atom stereocenters. The van der Waals surface area contributed by atoms with Crippen LogP contribution in [0.5, 0.6) is 0 Å². The number of hydrogen-bond acceptors (Lipinski definition) is 4. The van der Waals surface area contributed by atoms with Crippen LogP contribution in [0.3, 0.4) is 0 Å². The second-order valence-corrected chi connectivity index (χ2v) is 7.52. The minimum absolute atomic E-state index is 0.152. The lowest BCUT2D eigenvalue weighted by Gasteiger charge is -2.31. The maximum Gasteiger partial charge on any atom is 0.245 e. The van der Waals surface area contributed by atoms with Gasteiger partial charge in [0.15, 0.2) is 0 Å². The molecule has 0 spiro atoms. The molecular formula is C16H21N3O4S. The molecule has 0 saturated carbocycles. The van der Waals surface area contributed by atoms with Crippen LogP contribution >= 0.6 is 0 Å². The molecule has 130 valence electrons. The van der Waals surface area contributed by atoms with Crippen molar-refractivity contribution in [3.05, 3.63) is 36.9 Å². The second-order valence-electron chi connectivity index (χ2n) is 5.77. The van der Waals surface area contributed by atoms with E-state index in [4.69, 9.17) is 0 Å². The van der Waals surface area contributed by atoms with Gasteiger partial charge in [-0.05, 0) is 43.2 Å². The Morgan fingerprint density at radius 1 is 1.25 bits per heavy atom. The molecule has 2 rings (SSSR count). The summed E-state index contributed by atoms with van der Waals surface area (Å²) < 4.78 is 24.7. The minimum atomic E-state index is -3.33. The summed E-state index contributed by atoms with van der Waals surface area (Å²) >= 11 is 0. The van der Waals surface area contributed by atoms with Gasteiger partial charge in [0.05, 0.1) is 12.2 Å². The van der Waals surface area contributed by atoms with Crippen LogP contribution in [0.4, 0.5) is 11.4 Å². The molecule has 2 N–H and O–H groups in total. The quantitative estimate of drug-likeness (QED) is 0.784. The first-order valence-corrected chi connectivity index (χ1v) is 9.47. The van der Waals surface area contributed by atoms with Gasteiger partial charge in [0, 0.05) is 24.5 Å². The Bertz CT molecular complexity index is 728. The molecule has 1 aromatic rings. The molecule has 0 bridgehead atoms. The Balaban J connectivity index is 1.96. The van der Waals surface area contributed by atoms with E-state index in [0.717, 1.165) is 19.1 Å². The van der Waals surface area contributed by atoms with Gasteiger partial charge in [-0.3, -0.25) is 14.3 Å². The van der Waals surface area contributed by atoms with E-state index in [0.29, 0.717) is 24.5 Å². The zero-order valence-electron chi connectivity index (χ0n) is 13.5. The molecule has 1 aliphatic rings. The third-order valence-electron chi connectivity index (χ3n) is 3.73. The summed E-state index contributed by atoms with van der Waals surface area (Å²) in [5.74, 6) is -0.583. The molecule has 0 aromatic heterocycles. The summed E-state index contributed by atoms with van der Waals surface area (Å²) in [5, 5.41) is 2.80. The van der Waals surface area contributed by atoms with E-state index in [1.54, 1.807) is 29.2 Å². The number of carbonyl (C=O) groups is 2. The maximum atomic E-state index is 12.4. The number of amides is 2. The van der Waals surface area contributed by atoms with E-state index in [2.05, 4.69) is 16.6 Å². The van der Waals surface area contributed by atoms with Crippen molar-refractivity contribution in [3.8, 4) is 0 Å². The molecule has 7 nitrogen and oxygen atoms in total. The highest BCUT2D eigenvalue weighted by atomic mass is 32.2. The highest BCUT2D eigenvalue weighted by Crippen LogP contribution is 2.20. The van der Waals surface area contributed by atoms with Gasteiger partial charge in [-0.15, -0.1) is 0 Å².